The topological polar surface area (TPSA) is 95.9 Å². The first-order chi connectivity index (χ1) is 7.04. The molecule has 0 fully saturated rings. The lowest BCUT2D eigenvalue weighted by molar-refractivity contribution is -0.00228. The predicted octanol–water partition coefficient (Wildman–Crippen LogP) is 0.101. The summed E-state index contributed by atoms with van der Waals surface area (Å²) < 4.78 is 4.93. The zero-order valence-corrected chi connectivity index (χ0v) is 8.42. The minimum absolute atomic E-state index is 0.0822. The van der Waals surface area contributed by atoms with E-state index >= 15 is 0 Å². The van der Waals surface area contributed by atoms with Crippen molar-refractivity contribution in [2.45, 2.75) is 19.3 Å². The standard InChI is InChI=1S/C10H15NO4/c1-6(12)15-10-4-7(9(14)5-11)2-3-8(10)13/h2-4,6,9,12-14H,5,11H2,1H3/t6?,9-/m0/s1. The molecule has 0 amide bonds. The zero-order chi connectivity index (χ0) is 11.4. The van der Waals surface area contributed by atoms with Crippen LogP contribution in [0.3, 0.4) is 0 Å². The third-order valence-corrected chi connectivity index (χ3v) is 1.89. The smallest absolute Gasteiger partial charge is 0.194 e. The van der Waals surface area contributed by atoms with E-state index in [1.165, 1.54) is 19.1 Å². The Morgan fingerprint density at radius 3 is 2.60 bits per heavy atom. The first kappa shape index (κ1) is 11.8. The Balaban J connectivity index is 2.94. The summed E-state index contributed by atoms with van der Waals surface area (Å²) in [5.41, 5.74) is 5.82. The van der Waals surface area contributed by atoms with Crippen molar-refractivity contribution < 1.29 is 20.1 Å². The Hall–Kier alpha value is -1.30. The number of phenolic OH excluding ortho intramolecular Hbond substituents is 1. The van der Waals surface area contributed by atoms with Crippen LogP contribution in [0.4, 0.5) is 0 Å². The highest BCUT2D eigenvalue weighted by Gasteiger charge is 2.10. The molecule has 0 heterocycles. The summed E-state index contributed by atoms with van der Waals surface area (Å²) in [4.78, 5) is 0. The summed E-state index contributed by atoms with van der Waals surface area (Å²) in [6, 6.07) is 4.37. The van der Waals surface area contributed by atoms with E-state index < -0.39 is 12.4 Å². The SMILES string of the molecule is CC(O)Oc1cc([C@@H](O)CN)ccc1O. The van der Waals surface area contributed by atoms with Crippen molar-refractivity contribution in [1.29, 1.82) is 0 Å². The molecule has 84 valence electrons. The molecule has 0 bridgehead atoms. The van der Waals surface area contributed by atoms with Gasteiger partial charge in [-0.05, 0) is 24.6 Å². The van der Waals surface area contributed by atoms with E-state index in [4.69, 9.17) is 15.6 Å². The minimum Gasteiger partial charge on any atom is -0.504 e. The molecule has 0 aliphatic rings. The van der Waals surface area contributed by atoms with E-state index in [-0.39, 0.29) is 18.0 Å². The molecule has 0 radical (unpaired) electrons. The second-order valence-electron chi connectivity index (χ2n) is 3.20. The molecule has 1 rings (SSSR count). The van der Waals surface area contributed by atoms with Crippen LogP contribution in [0.2, 0.25) is 0 Å². The van der Waals surface area contributed by atoms with Gasteiger partial charge in [0, 0.05) is 6.54 Å². The van der Waals surface area contributed by atoms with Crippen LogP contribution in [-0.2, 0) is 0 Å². The van der Waals surface area contributed by atoms with Gasteiger partial charge >= 0.3 is 0 Å². The number of benzene rings is 1. The van der Waals surface area contributed by atoms with Gasteiger partial charge < -0.3 is 25.8 Å². The monoisotopic (exact) mass is 213 g/mol. The number of aliphatic hydroxyl groups is 2. The van der Waals surface area contributed by atoms with Gasteiger partial charge in [0.05, 0.1) is 6.10 Å². The van der Waals surface area contributed by atoms with Crippen LogP contribution in [-0.4, -0.2) is 28.2 Å². The third-order valence-electron chi connectivity index (χ3n) is 1.89. The van der Waals surface area contributed by atoms with Crippen LogP contribution in [0, 0.1) is 0 Å². The molecule has 0 spiro atoms. The lowest BCUT2D eigenvalue weighted by atomic mass is 10.1. The van der Waals surface area contributed by atoms with Gasteiger partial charge in [-0.25, -0.2) is 0 Å². The van der Waals surface area contributed by atoms with Gasteiger partial charge in [-0.3, -0.25) is 0 Å². The molecule has 5 nitrogen and oxygen atoms in total. The normalized spacial score (nSPS) is 14.7. The van der Waals surface area contributed by atoms with Gasteiger partial charge in [-0.15, -0.1) is 0 Å². The molecule has 0 aliphatic carbocycles. The fraction of sp³-hybridized carbons (Fsp3) is 0.400. The first-order valence-corrected chi connectivity index (χ1v) is 4.60. The fourth-order valence-corrected chi connectivity index (χ4v) is 1.15. The molecule has 5 heteroatoms. The number of hydrogen-bond donors (Lipinski definition) is 4. The summed E-state index contributed by atoms with van der Waals surface area (Å²) in [6.45, 7) is 1.50. The summed E-state index contributed by atoms with van der Waals surface area (Å²) >= 11 is 0. The number of aliphatic hydroxyl groups excluding tert-OH is 2. The Morgan fingerprint density at radius 1 is 1.40 bits per heavy atom. The van der Waals surface area contributed by atoms with Crippen molar-refractivity contribution in [3.05, 3.63) is 23.8 Å². The summed E-state index contributed by atoms with van der Waals surface area (Å²) in [5, 5.41) is 27.8. The average Bonchev–Trinajstić information content (AvgIpc) is 2.19. The quantitative estimate of drug-likeness (QED) is 0.532. The summed E-state index contributed by atoms with van der Waals surface area (Å²) in [7, 11) is 0. The highest BCUT2D eigenvalue weighted by atomic mass is 16.6. The molecule has 0 saturated heterocycles. The van der Waals surface area contributed by atoms with Gasteiger partial charge in [-0.2, -0.15) is 0 Å². The lowest BCUT2D eigenvalue weighted by Crippen LogP contribution is -2.13. The molecular weight excluding hydrogens is 198 g/mol. The molecule has 0 aliphatic heterocycles. The molecular formula is C10H15NO4. The lowest BCUT2D eigenvalue weighted by Gasteiger charge is -2.13. The van der Waals surface area contributed by atoms with E-state index in [1.807, 2.05) is 0 Å². The van der Waals surface area contributed by atoms with Gasteiger partial charge in [0.25, 0.3) is 0 Å². The van der Waals surface area contributed by atoms with Crippen molar-refractivity contribution in [3.8, 4) is 11.5 Å². The Labute approximate surface area is 87.7 Å². The van der Waals surface area contributed by atoms with E-state index in [0.29, 0.717) is 5.56 Å². The van der Waals surface area contributed by atoms with Crippen molar-refractivity contribution in [2.24, 2.45) is 5.73 Å². The van der Waals surface area contributed by atoms with Crippen molar-refractivity contribution in [2.75, 3.05) is 6.54 Å². The second-order valence-corrected chi connectivity index (χ2v) is 3.20. The van der Waals surface area contributed by atoms with Crippen LogP contribution in [0.5, 0.6) is 11.5 Å². The van der Waals surface area contributed by atoms with Crippen LogP contribution < -0.4 is 10.5 Å². The average molecular weight is 213 g/mol. The van der Waals surface area contributed by atoms with Crippen molar-refractivity contribution >= 4 is 0 Å². The summed E-state index contributed by atoms with van der Waals surface area (Å²) in [5.74, 6) is 0.0267. The van der Waals surface area contributed by atoms with Crippen molar-refractivity contribution in [3.63, 3.8) is 0 Å². The highest BCUT2D eigenvalue weighted by Crippen LogP contribution is 2.29. The van der Waals surface area contributed by atoms with Crippen molar-refractivity contribution in [1.82, 2.24) is 0 Å². The number of rotatable bonds is 4. The molecule has 1 aromatic carbocycles. The fourth-order valence-electron chi connectivity index (χ4n) is 1.15. The number of hydrogen-bond acceptors (Lipinski definition) is 5. The molecule has 0 saturated carbocycles. The predicted molar refractivity (Wildman–Crippen MR) is 54.4 cm³/mol. The van der Waals surface area contributed by atoms with E-state index in [0.717, 1.165) is 0 Å². The largest absolute Gasteiger partial charge is 0.504 e. The van der Waals surface area contributed by atoms with Crippen LogP contribution >= 0.6 is 0 Å². The molecule has 15 heavy (non-hydrogen) atoms. The molecule has 0 aromatic heterocycles. The zero-order valence-electron chi connectivity index (χ0n) is 8.42. The molecule has 1 aromatic rings. The minimum atomic E-state index is -1.03. The van der Waals surface area contributed by atoms with E-state index in [9.17, 15) is 10.2 Å². The molecule has 2 atom stereocenters. The maximum absolute atomic E-state index is 9.45. The summed E-state index contributed by atoms with van der Waals surface area (Å²) in [6.07, 6.45) is -1.83. The van der Waals surface area contributed by atoms with Crippen LogP contribution in [0.15, 0.2) is 18.2 Å². The number of aromatic hydroxyl groups is 1. The molecule has 1 unspecified atom stereocenters. The first-order valence-electron chi connectivity index (χ1n) is 4.60. The maximum atomic E-state index is 9.45. The van der Waals surface area contributed by atoms with Gasteiger partial charge in [0.2, 0.25) is 0 Å². The Kier molecular flexibility index (Phi) is 3.90. The van der Waals surface area contributed by atoms with E-state index in [2.05, 4.69) is 0 Å². The maximum Gasteiger partial charge on any atom is 0.194 e. The number of nitrogens with two attached hydrogens (primary N) is 1. The van der Waals surface area contributed by atoms with Crippen LogP contribution in [0.25, 0.3) is 0 Å². The third kappa shape index (κ3) is 3.09. The highest BCUT2D eigenvalue weighted by molar-refractivity contribution is 5.42. The van der Waals surface area contributed by atoms with Gasteiger partial charge in [0.15, 0.2) is 17.8 Å². The molecule has 5 N–H and O–H groups in total. The Morgan fingerprint density at radius 2 is 2.07 bits per heavy atom. The second kappa shape index (κ2) is 4.97. The van der Waals surface area contributed by atoms with Gasteiger partial charge in [0.1, 0.15) is 0 Å². The van der Waals surface area contributed by atoms with Gasteiger partial charge in [-0.1, -0.05) is 6.07 Å². The Bertz CT molecular complexity index is 327. The van der Waals surface area contributed by atoms with E-state index in [1.54, 1.807) is 6.07 Å². The van der Waals surface area contributed by atoms with Crippen LogP contribution in [0.1, 0.15) is 18.6 Å². The number of phenols is 1. The number of ether oxygens (including phenoxy) is 1.